The summed E-state index contributed by atoms with van der Waals surface area (Å²) >= 11 is 0. The summed E-state index contributed by atoms with van der Waals surface area (Å²) in [5, 5.41) is 2.87. The smallest absolute Gasteiger partial charge is 0.230 e. The van der Waals surface area contributed by atoms with Crippen molar-refractivity contribution in [3.8, 4) is 0 Å². The van der Waals surface area contributed by atoms with Crippen molar-refractivity contribution in [2.45, 2.75) is 32.1 Å². The number of nitrogens with one attached hydrogen (secondary N) is 1. The first-order chi connectivity index (χ1) is 8.88. The van der Waals surface area contributed by atoms with E-state index in [4.69, 9.17) is 5.73 Å². The average Bonchev–Trinajstić information content (AvgIpc) is 3.18. The molecule has 1 fully saturated rings. The second-order valence-corrected chi connectivity index (χ2v) is 5.88. The van der Waals surface area contributed by atoms with Gasteiger partial charge in [0.25, 0.3) is 0 Å². The van der Waals surface area contributed by atoms with Gasteiger partial charge in [-0.05, 0) is 32.3 Å². The Morgan fingerprint density at radius 1 is 1.26 bits per heavy atom. The Bertz CT molecular complexity index is 490. The minimum Gasteiger partial charge on any atom is -0.369 e. The maximum atomic E-state index is 12.3. The zero-order valence-electron chi connectivity index (χ0n) is 11.4. The Kier molecular flexibility index (Phi) is 3.35. The van der Waals surface area contributed by atoms with Crippen LogP contribution in [0.15, 0.2) is 30.3 Å². The number of rotatable bonds is 5. The maximum Gasteiger partial charge on any atom is 0.230 e. The molecule has 2 amide bonds. The third-order valence-electron chi connectivity index (χ3n) is 3.87. The van der Waals surface area contributed by atoms with E-state index < -0.39 is 16.7 Å². The lowest BCUT2D eigenvalue weighted by Gasteiger charge is -2.23. The van der Waals surface area contributed by atoms with E-state index in [0.29, 0.717) is 0 Å². The van der Waals surface area contributed by atoms with Crippen molar-refractivity contribution >= 4 is 11.8 Å². The highest BCUT2D eigenvalue weighted by molar-refractivity contribution is 5.91. The molecular formula is C15H20N2O2. The predicted molar refractivity (Wildman–Crippen MR) is 73.3 cm³/mol. The second kappa shape index (κ2) is 4.68. The number of amides is 2. The van der Waals surface area contributed by atoms with E-state index in [9.17, 15) is 9.59 Å². The first kappa shape index (κ1) is 13.6. The summed E-state index contributed by atoms with van der Waals surface area (Å²) in [5.41, 5.74) is 5.23. The molecule has 4 nitrogen and oxygen atoms in total. The molecule has 0 bridgehead atoms. The van der Waals surface area contributed by atoms with Crippen molar-refractivity contribution in [2.75, 3.05) is 6.54 Å². The summed E-state index contributed by atoms with van der Waals surface area (Å²) in [6.07, 6.45) is 1.72. The molecule has 0 heterocycles. The molecule has 0 saturated heterocycles. The third kappa shape index (κ3) is 2.62. The van der Waals surface area contributed by atoms with E-state index in [2.05, 4.69) is 5.32 Å². The molecule has 19 heavy (non-hydrogen) atoms. The number of hydrogen-bond donors (Lipinski definition) is 2. The highest BCUT2D eigenvalue weighted by Crippen LogP contribution is 2.48. The van der Waals surface area contributed by atoms with Crippen LogP contribution >= 0.6 is 0 Å². The largest absolute Gasteiger partial charge is 0.369 e. The van der Waals surface area contributed by atoms with Gasteiger partial charge in [0.1, 0.15) is 0 Å². The summed E-state index contributed by atoms with van der Waals surface area (Å²) in [5.74, 6) is -0.412. The van der Waals surface area contributed by atoms with Gasteiger partial charge < -0.3 is 11.1 Å². The van der Waals surface area contributed by atoms with Crippen LogP contribution in [0.2, 0.25) is 0 Å². The van der Waals surface area contributed by atoms with Gasteiger partial charge in [-0.1, -0.05) is 30.3 Å². The molecule has 3 N–H and O–H groups in total. The molecule has 102 valence electrons. The number of hydrogen-bond acceptors (Lipinski definition) is 2. The quantitative estimate of drug-likeness (QED) is 0.838. The van der Waals surface area contributed by atoms with Crippen molar-refractivity contribution in [2.24, 2.45) is 11.1 Å². The lowest BCUT2D eigenvalue weighted by atomic mass is 9.91. The van der Waals surface area contributed by atoms with Gasteiger partial charge in [-0.25, -0.2) is 0 Å². The van der Waals surface area contributed by atoms with Gasteiger partial charge in [-0.15, -0.1) is 0 Å². The normalized spacial score (nSPS) is 16.7. The topological polar surface area (TPSA) is 72.2 Å². The molecule has 0 spiro atoms. The molecule has 1 saturated carbocycles. The van der Waals surface area contributed by atoms with Crippen molar-refractivity contribution in [1.29, 1.82) is 0 Å². The van der Waals surface area contributed by atoms with Gasteiger partial charge in [0.2, 0.25) is 11.8 Å². The third-order valence-corrected chi connectivity index (χ3v) is 3.87. The highest BCUT2D eigenvalue weighted by atomic mass is 16.2. The minimum absolute atomic E-state index is 0.00646. The van der Waals surface area contributed by atoms with Gasteiger partial charge in [0.05, 0.1) is 10.8 Å². The van der Waals surface area contributed by atoms with Crippen LogP contribution in [0.3, 0.4) is 0 Å². The molecule has 1 aromatic carbocycles. The first-order valence-electron chi connectivity index (χ1n) is 6.52. The Labute approximate surface area is 113 Å². The van der Waals surface area contributed by atoms with Crippen molar-refractivity contribution in [3.63, 3.8) is 0 Å². The zero-order chi connectivity index (χ0) is 14.1. The van der Waals surface area contributed by atoms with Gasteiger partial charge in [-0.3, -0.25) is 9.59 Å². The van der Waals surface area contributed by atoms with E-state index in [0.717, 1.165) is 18.4 Å². The van der Waals surface area contributed by atoms with Crippen LogP contribution in [0.4, 0.5) is 0 Å². The fourth-order valence-corrected chi connectivity index (χ4v) is 2.09. The van der Waals surface area contributed by atoms with Crippen LogP contribution in [0.25, 0.3) is 0 Å². The molecule has 2 rings (SSSR count). The average molecular weight is 260 g/mol. The van der Waals surface area contributed by atoms with Gasteiger partial charge in [-0.2, -0.15) is 0 Å². The lowest BCUT2D eigenvalue weighted by molar-refractivity contribution is -0.127. The van der Waals surface area contributed by atoms with Crippen LogP contribution in [-0.2, 0) is 15.0 Å². The number of nitrogens with two attached hydrogens (primary N) is 1. The van der Waals surface area contributed by atoms with E-state index in [1.165, 1.54) is 0 Å². The SMILES string of the molecule is CC(C)(CNC(=O)C1(c2ccccc2)CC1)C(N)=O. The van der Waals surface area contributed by atoms with Crippen molar-refractivity contribution in [3.05, 3.63) is 35.9 Å². The Morgan fingerprint density at radius 3 is 2.32 bits per heavy atom. The lowest BCUT2D eigenvalue weighted by Crippen LogP contribution is -2.45. The molecule has 0 atom stereocenters. The fraction of sp³-hybridized carbons (Fsp3) is 0.467. The van der Waals surface area contributed by atoms with Crippen LogP contribution in [0.1, 0.15) is 32.3 Å². The van der Waals surface area contributed by atoms with Crippen LogP contribution in [-0.4, -0.2) is 18.4 Å². The fourth-order valence-electron chi connectivity index (χ4n) is 2.09. The van der Waals surface area contributed by atoms with Crippen molar-refractivity contribution in [1.82, 2.24) is 5.32 Å². The minimum atomic E-state index is -0.720. The molecule has 1 aliphatic rings. The highest BCUT2D eigenvalue weighted by Gasteiger charge is 2.51. The monoisotopic (exact) mass is 260 g/mol. The van der Waals surface area contributed by atoms with Gasteiger partial charge >= 0.3 is 0 Å². The molecule has 1 aromatic rings. The molecule has 0 aliphatic heterocycles. The number of benzene rings is 1. The predicted octanol–water partition coefficient (Wildman–Crippen LogP) is 1.35. The Morgan fingerprint density at radius 2 is 1.84 bits per heavy atom. The number of carbonyl (C=O) groups is 2. The molecule has 0 aromatic heterocycles. The summed E-state index contributed by atoms with van der Waals surface area (Å²) < 4.78 is 0. The van der Waals surface area contributed by atoms with E-state index in [-0.39, 0.29) is 12.5 Å². The van der Waals surface area contributed by atoms with Gasteiger partial charge in [0, 0.05) is 6.54 Å². The summed E-state index contributed by atoms with van der Waals surface area (Å²) in [4.78, 5) is 23.6. The second-order valence-electron chi connectivity index (χ2n) is 5.88. The van der Waals surface area contributed by atoms with E-state index in [1.54, 1.807) is 13.8 Å². The summed E-state index contributed by atoms with van der Waals surface area (Å²) in [7, 11) is 0. The summed E-state index contributed by atoms with van der Waals surface area (Å²) in [6.45, 7) is 3.74. The van der Waals surface area contributed by atoms with Gasteiger partial charge in [0.15, 0.2) is 0 Å². The Hall–Kier alpha value is -1.84. The van der Waals surface area contributed by atoms with Crippen LogP contribution in [0, 0.1) is 5.41 Å². The maximum absolute atomic E-state index is 12.3. The number of carbonyl (C=O) groups excluding carboxylic acids is 2. The van der Waals surface area contributed by atoms with E-state index >= 15 is 0 Å². The van der Waals surface area contributed by atoms with E-state index in [1.807, 2.05) is 30.3 Å². The molecular weight excluding hydrogens is 240 g/mol. The van der Waals surface area contributed by atoms with Crippen LogP contribution < -0.4 is 11.1 Å². The number of primary amides is 1. The Balaban J connectivity index is 2.04. The molecule has 4 heteroatoms. The molecule has 0 radical (unpaired) electrons. The molecule has 0 unspecified atom stereocenters. The first-order valence-corrected chi connectivity index (χ1v) is 6.52. The summed E-state index contributed by atoms with van der Waals surface area (Å²) in [6, 6.07) is 9.78. The zero-order valence-corrected chi connectivity index (χ0v) is 11.4. The van der Waals surface area contributed by atoms with Crippen LogP contribution in [0.5, 0.6) is 0 Å². The van der Waals surface area contributed by atoms with Crippen molar-refractivity contribution < 1.29 is 9.59 Å². The standard InChI is InChI=1S/C15H20N2O2/c1-14(2,12(16)18)10-17-13(19)15(8-9-15)11-6-4-3-5-7-11/h3-7H,8-10H2,1-2H3,(H2,16,18)(H,17,19). The molecule has 1 aliphatic carbocycles.